The Bertz CT molecular complexity index is 557. The van der Waals surface area contributed by atoms with E-state index < -0.39 is 29.7 Å². The van der Waals surface area contributed by atoms with Crippen molar-refractivity contribution >= 4 is 18.0 Å². The van der Waals surface area contributed by atoms with E-state index in [1.165, 1.54) is 12.5 Å². The number of hydrogen-bond donors (Lipinski definition) is 2. The van der Waals surface area contributed by atoms with Gasteiger partial charge >= 0.3 is 18.0 Å². The molecule has 7 heteroatoms. The van der Waals surface area contributed by atoms with E-state index in [2.05, 4.69) is 18.3 Å². The highest BCUT2D eigenvalue weighted by Gasteiger charge is 2.55. The number of carbonyl (C=O) groups is 3. The van der Waals surface area contributed by atoms with Crippen molar-refractivity contribution in [3.8, 4) is 0 Å². The molecule has 2 N–H and O–H groups in total. The lowest BCUT2D eigenvalue weighted by molar-refractivity contribution is -0.164. The van der Waals surface area contributed by atoms with E-state index in [1.807, 2.05) is 0 Å². The summed E-state index contributed by atoms with van der Waals surface area (Å²) in [6.45, 7) is 5.39. The first-order valence-electron chi connectivity index (χ1n) is 8.29. The summed E-state index contributed by atoms with van der Waals surface area (Å²) in [6, 6.07) is 0. The number of hydrogen-bond acceptors (Lipinski definition) is 5. The van der Waals surface area contributed by atoms with E-state index in [-0.39, 0.29) is 25.3 Å². The van der Waals surface area contributed by atoms with Gasteiger partial charge in [-0.05, 0) is 31.6 Å². The number of alkyl carbamates (subject to hydrolysis) is 1. The Balaban J connectivity index is 1.89. The molecule has 1 amide bonds. The fourth-order valence-corrected chi connectivity index (χ4v) is 3.90. The zero-order valence-electron chi connectivity index (χ0n) is 14.3. The van der Waals surface area contributed by atoms with Crippen LogP contribution in [0.4, 0.5) is 4.79 Å². The molecule has 134 valence electrons. The van der Waals surface area contributed by atoms with Gasteiger partial charge in [-0.1, -0.05) is 18.6 Å². The Kier molecular flexibility index (Phi) is 5.51. The van der Waals surface area contributed by atoms with Gasteiger partial charge in [0, 0.05) is 25.3 Å². The van der Waals surface area contributed by atoms with E-state index in [0.717, 1.165) is 12.8 Å². The van der Waals surface area contributed by atoms with Crippen LogP contribution in [0.15, 0.2) is 11.6 Å². The van der Waals surface area contributed by atoms with Gasteiger partial charge in [0.15, 0.2) is 0 Å². The molecule has 0 unspecified atom stereocenters. The van der Waals surface area contributed by atoms with Gasteiger partial charge in [0.05, 0.1) is 6.42 Å². The van der Waals surface area contributed by atoms with Crippen molar-refractivity contribution < 1.29 is 29.0 Å². The number of allylic oxidation sites excluding steroid dienone is 2. The highest BCUT2D eigenvalue weighted by atomic mass is 16.7. The monoisotopic (exact) mass is 339 g/mol. The Morgan fingerprint density at radius 1 is 1.42 bits per heavy atom. The van der Waals surface area contributed by atoms with Gasteiger partial charge in [-0.25, -0.2) is 4.79 Å². The molecular weight excluding hydrogens is 314 g/mol. The lowest BCUT2D eigenvalue weighted by Gasteiger charge is -2.51. The molecule has 7 nitrogen and oxygen atoms in total. The minimum Gasteiger partial charge on any atom is -0.481 e. The van der Waals surface area contributed by atoms with Crippen LogP contribution in [0.2, 0.25) is 0 Å². The summed E-state index contributed by atoms with van der Waals surface area (Å²) in [5, 5.41) is 11.9. The summed E-state index contributed by atoms with van der Waals surface area (Å²) >= 11 is 0. The molecule has 24 heavy (non-hydrogen) atoms. The number of esters is 1. The molecule has 0 bridgehead atoms. The zero-order valence-corrected chi connectivity index (χ0v) is 14.3. The van der Waals surface area contributed by atoms with Crippen molar-refractivity contribution in [2.24, 2.45) is 17.3 Å². The third-order valence-corrected chi connectivity index (χ3v) is 4.88. The van der Waals surface area contributed by atoms with Crippen LogP contribution in [0.25, 0.3) is 0 Å². The van der Waals surface area contributed by atoms with Crippen molar-refractivity contribution in [1.29, 1.82) is 0 Å². The predicted molar refractivity (Wildman–Crippen MR) is 85.0 cm³/mol. The Morgan fingerprint density at radius 2 is 2.12 bits per heavy atom. The molecule has 4 atom stereocenters. The molecule has 0 aromatic rings. The first kappa shape index (κ1) is 18.3. The molecule has 1 fully saturated rings. The molecule has 1 saturated carbocycles. The van der Waals surface area contributed by atoms with Crippen LogP contribution >= 0.6 is 0 Å². The summed E-state index contributed by atoms with van der Waals surface area (Å²) in [6.07, 6.45) is 2.44. The third kappa shape index (κ3) is 4.07. The topological polar surface area (TPSA) is 102 Å². The van der Waals surface area contributed by atoms with Crippen molar-refractivity contribution in [1.82, 2.24) is 5.32 Å². The van der Waals surface area contributed by atoms with E-state index in [9.17, 15) is 19.5 Å². The van der Waals surface area contributed by atoms with Gasteiger partial charge in [0.2, 0.25) is 6.29 Å². The number of carboxylic acid groups (broad SMARTS) is 1. The van der Waals surface area contributed by atoms with Crippen LogP contribution in [0.3, 0.4) is 0 Å². The SMILES string of the molecule is CCC(=O)O[C@@H](C)OC(=O)NC[C@]1(CC(=O)O)C[C@@H]2CC(C)=C[C@H]21. The predicted octanol–water partition coefficient (Wildman–Crippen LogP) is 2.46. The van der Waals surface area contributed by atoms with Crippen LogP contribution in [-0.2, 0) is 19.1 Å². The maximum absolute atomic E-state index is 11.9. The molecule has 0 spiro atoms. The molecule has 0 aliphatic heterocycles. The Hall–Kier alpha value is -2.05. The van der Waals surface area contributed by atoms with Crippen molar-refractivity contribution in [2.45, 2.75) is 52.7 Å². The second-order valence-corrected chi connectivity index (χ2v) is 6.81. The fraction of sp³-hybridized carbons (Fsp3) is 0.706. The van der Waals surface area contributed by atoms with Crippen molar-refractivity contribution in [3.63, 3.8) is 0 Å². The summed E-state index contributed by atoms with van der Waals surface area (Å²) in [5.41, 5.74) is 0.816. The molecule has 2 rings (SSSR count). The van der Waals surface area contributed by atoms with Crippen LogP contribution < -0.4 is 5.32 Å². The average molecular weight is 339 g/mol. The largest absolute Gasteiger partial charge is 0.481 e. The number of ether oxygens (including phenoxy) is 2. The molecule has 2 aliphatic carbocycles. The maximum Gasteiger partial charge on any atom is 0.410 e. The van der Waals surface area contributed by atoms with Crippen LogP contribution in [0, 0.1) is 17.3 Å². The Morgan fingerprint density at radius 3 is 2.71 bits per heavy atom. The summed E-state index contributed by atoms with van der Waals surface area (Å²) in [4.78, 5) is 34.2. The van der Waals surface area contributed by atoms with E-state index in [4.69, 9.17) is 9.47 Å². The van der Waals surface area contributed by atoms with Crippen molar-refractivity contribution in [2.75, 3.05) is 6.54 Å². The van der Waals surface area contributed by atoms with E-state index in [0.29, 0.717) is 5.92 Å². The summed E-state index contributed by atoms with van der Waals surface area (Å²) in [7, 11) is 0. The summed E-state index contributed by atoms with van der Waals surface area (Å²) < 4.78 is 9.83. The molecule has 0 radical (unpaired) electrons. The normalized spacial score (nSPS) is 28.9. The molecule has 0 aromatic heterocycles. The van der Waals surface area contributed by atoms with E-state index in [1.54, 1.807) is 6.92 Å². The third-order valence-electron chi connectivity index (χ3n) is 4.88. The first-order valence-corrected chi connectivity index (χ1v) is 8.29. The number of carbonyl (C=O) groups excluding carboxylic acids is 2. The number of rotatable bonds is 7. The fourth-order valence-electron chi connectivity index (χ4n) is 3.90. The molecule has 2 aliphatic rings. The van der Waals surface area contributed by atoms with E-state index >= 15 is 0 Å². The molecule has 0 saturated heterocycles. The molecule has 0 heterocycles. The number of nitrogens with one attached hydrogen (secondary N) is 1. The van der Waals surface area contributed by atoms with Gasteiger partial charge in [-0.15, -0.1) is 0 Å². The van der Waals surface area contributed by atoms with Gasteiger partial charge in [0.25, 0.3) is 0 Å². The summed E-state index contributed by atoms with van der Waals surface area (Å²) in [5.74, 6) is -0.659. The average Bonchev–Trinajstić information content (AvgIpc) is 2.79. The second kappa shape index (κ2) is 7.23. The van der Waals surface area contributed by atoms with Crippen LogP contribution in [0.5, 0.6) is 0 Å². The van der Waals surface area contributed by atoms with Gasteiger partial charge in [-0.2, -0.15) is 0 Å². The quantitative estimate of drug-likeness (QED) is 0.420. The van der Waals surface area contributed by atoms with Crippen LogP contribution in [-0.4, -0.2) is 36.0 Å². The minimum absolute atomic E-state index is 0.0125. The highest BCUT2D eigenvalue weighted by Crippen LogP contribution is 2.59. The number of amides is 1. The number of aliphatic carboxylic acids is 1. The lowest BCUT2D eigenvalue weighted by Crippen LogP contribution is -2.53. The zero-order chi connectivity index (χ0) is 17.9. The maximum atomic E-state index is 11.9. The number of carboxylic acids is 1. The standard InChI is InChI=1S/C17H25NO6/c1-4-15(21)23-11(3)24-16(22)18-9-17(8-14(19)20)7-12-5-10(2)6-13(12)17/h6,11-13H,4-5,7-9H2,1-3H3,(H,18,22)(H,19,20)/t11-,12+,13-,17-/m1/s1. The lowest BCUT2D eigenvalue weighted by atomic mass is 9.53. The van der Waals surface area contributed by atoms with Gasteiger partial charge in [0.1, 0.15) is 0 Å². The van der Waals surface area contributed by atoms with Gasteiger partial charge < -0.3 is 19.9 Å². The first-order chi connectivity index (χ1) is 11.3. The molecular formula is C17H25NO6. The van der Waals surface area contributed by atoms with Crippen molar-refractivity contribution in [3.05, 3.63) is 11.6 Å². The van der Waals surface area contributed by atoms with Gasteiger partial charge in [-0.3, -0.25) is 9.59 Å². The Labute approximate surface area is 141 Å². The highest BCUT2D eigenvalue weighted by molar-refractivity contribution is 5.71. The molecule has 0 aromatic carbocycles. The van der Waals surface area contributed by atoms with Crippen LogP contribution in [0.1, 0.15) is 46.5 Å². The number of fused-ring (bicyclic) bond motifs is 1. The smallest absolute Gasteiger partial charge is 0.410 e. The second-order valence-electron chi connectivity index (χ2n) is 6.81. The minimum atomic E-state index is -0.976.